The van der Waals surface area contributed by atoms with Gasteiger partial charge in [0.25, 0.3) is 11.5 Å². The number of hydrogen-bond donors (Lipinski definition) is 1. The molecule has 0 saturated carbocycles. The summed E-state index contributed by atoms with van der Waals surface area (Å²) >= 11 is 0. The smallest absolute Gasteiger partial charge is 0.253 e. The van der Waals surface area contributed by atoms with E-state index in [1.165, 1.54) is 17.0 Å². The van der Waals surface area contributed by atoms with Crippen LogP contribution in [0.15, 0.2) is 65.7 Å². The van der Waals surface area contributed by atoms with E-state index in [0.29, 0.717) is 24.3 Å². The Bertz CT molecular complexity index is 994. The molecule has 0 spiro atoms. The molecule has 3 aromatic rings. The van der Waals surface area contributed by atoms with E-state index in [0.717, 1.165) is 16.9 Å². The fourth-order valence-electron chi connectivity index (χ4n) is 2.73. The van der Waals surface area contributed by atoms with Crippen molar-refractivity contribution in [1.82, 2.24) is 14.9 Å². The molecule has 6 heteroatoms. The molecule has 27 heavy (non-hydrogen) atoms. The second kappa shape index (κ2) is 8.31. The number of nitrogens with zero attached hydrogens (tertiary/aromatic N) is 2. The lowest BCUT2D eigenvalue weighted by molar-refractivity contribution is 0.0951. The van der Waals surface area contributed by atoms with Gasteiger partial charge in [-0.15, -0.1) is 0 Å². The lowest BCUT2D eigenvalue weighted by atomic mass is 10.1. The number of aryl methyl sites for hydroxylation is 1. The van der Waals surface area contributed by atoms with Crippen LogP contribution in [0.5, 0.6) is 5.75 Å². The average Bonchev–Trinajstić information content (AvgIpc) is 2.69. The fourth-order valence-corrected chi connectivity index (χ4v) is 2.73. The normalized spacial score (nSPS) is 10.4. The number of carbonyl (C=O) groups excluding carboxylic acids is 1. The summed E-state index contributed by atoms with van der Waals surface area (Å²) in [7, 11) is 1.60. The molecule has 0 bridgehead atoms. The molecule has 3 rings (SSSR count). The maximum atomic E-state index is 12.3. The first-order chi connectivity index (χ1) is 13.1. The molecule has 138 valence electrons. The molecule has 1 aromatic heterocycles. The van der Waals surface area contributed by atoms with E-state index in [2.05, 4.69) is 10.3 Å². The van der Waals surface area contributed by atoms with Crippen molar-refractivity contribution in [2.75, 3.05) is 13.7 Å². The number of methoxy groups -OCH3 is 1. The van der Waals surface area contributed by atoms with Gasteiger partial charge in [0.1, 0.15) is 5.75 Å². The summed E-state index contributed by atoms with van der Waals surface area (Å²) in [6, 6.07) is 16.2. The highest BCUT2D eigenvalue weighted by atomic mass is 16.5. The quantitative estimate of drug-likeness (QED) is 0.731. The molecule has 0 fully saturated rings. The van der Waals surface area contributed by atoms with Gasteiger partial charge in [0.15, 0.2) is 0 Å². The number of carbonyl (C=O) groups is 1. The number of ether oxygens (including phenoxy) is 1. The summed E-state index contributed by atoms with van der Waals surface area (Å²) in [5.41, 5.74) is 2.83. The third kappa shape index (κ3) is 4.41. The Morgan fingerprint density at radius 1 is 1.15 bits per heavy atom. The lowest BCUT2D eigenvalue weighted by Crippen LogP contribution is -2.31. The number of nitrogens with one attached hydrogen (secondary N) is 1. The number of hydrogen-bond acceptors (Lipinski definition) is 4. The third-order valence-electron chi connectivity index (χ3n) is 4.29. The first kappa shape index (κ1) is 18.4. The van der Waals surface area contributed by atoms with Crippen molar-refractivity contribution >= 4 is 5.91 Å². The topological polar surface area (TPSA) is 73.2 Å². The molecule has 2 aromatic carbocycles. The van der Waals surface area contributed by atoms with Crippen LogP contribution in [0.4, 0.5) is 0 Å². The van der Waals surface area contributed by atoms with Crippen LogP contribution in [0, 0.1) is 6.92 Å². The highest BCUT2D eigenvalue weighted by Crippen LogP contribution is 2.19. The van der Waals surface area contributed by atoms with Crippen LogP contribution in [0.3, 0.4) is 0 Å². The first-order valence-electron chi connectivity index (χ1n) is 8.63. The standard InChI is InChI=1S/C21H21N3O3/c1-15-5-3-4-6-18(15)21(26)22-11-12-24-14-23-19(13-20(24)25)16-7-9-17(27-2)10-8-16/h3-10,13-14H,11-12H2,1-2H3,(H,22,26). The molecule has 1 N–H and O–H groups in total. The second-order valence-corrected chi connectivity index (χ2v) is 6.11. The summed E-state index contributed by atoms with van der Waals surface area (Å²) in [4.78, 5) is 28.9. The lowest BCUT2D eigenvalue weighted by Gasteiger charge is -2.09. The van der Waals surface area contributed by atoms with E-state index in [4.69, 9.17) is 4.74 Å². The Balaban J connectivity index is 1.63. The summed E-state index contributed by atoms with van der Waals surface area (Å²) in [6.45, 7) is 2.59. The van der Waals surface area contributed by atoms with Crippen molar-refractivity contribution in [3.8, 4) is 17.0 Å². The minimum atomic E-state index is -0.166. The molecule has 0 atom stereocenters. The predicted octanol–water partition coefficient (Wildman–Crippen LogP) is 2.66. The highest BCUT2D eigenvalue weighted by Gasteiger charge is 2.08. The van der Waals surface area contributed by atoms with Crippen LogP contribution < -0.4 is 15.6 Å². The Morgan fingerprint density at radius 3 is 2.56 bits per heavy atom. The molecule has 6 nitrogen and oxygen atoms in total. The van der Waals surface area contributed by atoms with E-state index >= 15 is 0 Å². The maximum Gasteiger partial charge on any atom is 0.253 e. The number of amides is 1. The minimum absolute atomic E-state index is 0.149. The SMILES string of the molecule is COc1ccc(-c2cc(=O)n(CCNC(=O)c3ccccc3C)cn2)cc1. The molecule has 1 heterocycles. The zero-order valence-corrected chi connectivity index (χ0v) is 15.3. The Hall–Kier alpha value is -3.41. The average molecular weight is 363 g/mol. The van der Waals surface area contributed by atoms with Gasteiger partial charge >= 0.3 is 0 Å². The second-order valence-electron chi connectivity index (χ2n) is 6.11. The molecule has 0 radical (unpaired) electrons. The first-order valence-corrected chi connectivity index (χ1v) is 8.63. The Labute approximate surface area is 157 Å². The van der Waals surface area contributed by atoms with Crippen LogP contribution in [0.25, 0.3) is 11.3 Å². The van der Waals surface area contributed by atoms with Gasteiger partial charge in [-0.05, 0) is 42.8 Å². The molecule has 0 aliphatic carbocycles. The van der Waals surface area contributed by atoms with Crippen LogP contribution in [0.1, 0.15) is 15.9 Å². The minimum Gasteiger partial charge on any atom is -0.497 e. The van der Waals surface area contributed by atoms with Gasteiger partial charge in [-0.1, -0.05) is 18.2 Å². The van der Waals surface area contributed by atoms with Crippen LogP contribution in [-0.2, 0) is 6.54 Å². The van der Waals surface area contributed by atoms with Crippen molar-refractivity contribution in [3.63, 3.8) is 0 Å². The molecule has 0 aliphatic rings. The van der Waals surface area contributed by atoms with Crippen molar-refractivity contribution in [1.29, 1.82) is 0 Å². The van der Waals surface area contributed by atoms with E-state index in [1.807, 2.05) is 49.4 Å². The molecule has 0 saturated heterocycles. The van der Waals surface area contributed by atoms with Gasteiger partial charge in [-0.25, -0.2) is 4.98 Å². The molecule has 1 amide bonds. The molecule has 0 aliphatic heterocycles. The van der Waals surface area contributed by atoms with Crippen LogP contribution in [0.2, 0.25) is 0 Å². The van der Waals surface area contributed by atoms with Crippen LogP contribution >= 0.6 is 0 Å². The number of rotatable bonds is 6. The van der Waals surface area contributed by atoms with Crippen molar-refractivity contribution in [2.45, 2.75) is 13.5 Å². The maximum absolute atomic E-state index is 12.3. The van der Waals surface area contributed by atoms with Gasteiger partial charge < -0.3 is 10.1 Å². The van der Waals surface area contributed by atoms with E-state index in [9.17, 15) is 9.59 Å². The van der Waals surface area contributed by atoms with Crippen molar-refractivity contribution in [3.05, 3.63) is 82.4 Å². The van der Waals surface area contributed by atoms with Gasteiger partial charge in [0, 0.05) is 30.3 Å². The summed E-state index contributed by atoms with van der Waals surface area (Å²) in [5.74, 6) is 0.598. The van der Waals surface area contributed by atoms with Gasteiger partial charge in [0.05, 0.1) is 19.1 Å². The van der Waals surface area contributed by atoms with Crippen molar-refractivity contribution in [2.24, 2.45) is 0 Å². The van der Waals surface area contributed by atoms with Gasteiger partial charge in [0.2, 0.25) is 0 Å². The zero-order valence-electron chi connectivity index (χ0n) is 15.3. The molecular formula is C21H21N3O3. The molecular weight excluding hydrogens is 342 g/mol. The Morgan fingerprint density at radius 2 is 1.89 bits per heavy atom. The summed E-state index contributed by atoms with van der Waals surface area (Å²) in [6.07, 6.45) is 1.50. The van der Waals surface area contributed by atoms with Gasteiger partial charge in [-0.3, -0.25) is 14.2 Å². The number of benzene rings is 2. The van der Waals surface area contributed by atoms with Gasteiger partial charge in [-0.2, -0.15) is 0 Å². The molecule has 0 unspecified atom stereocenters. The largest absolute Gasteiger partial charge is 0.497 e. The van der Waals surface area contributed by atoms with Crippen molar-refractivity contribution < 1.29 is 9.53 Å². The predicted molar refractivity (Wildman–Crippen MR) is 104 cm³/mol. The van der Waals surface area contributed by atoms with E-state index < -0.39 is 0 Å². The Kier molecular flexibility index (Phi) is 5.66. The fraction of sp³-hybridized carbons (Fsp3) is 0.190. The zero-order chi connectivity index (χ0) is 19.2. The summed E-state index contributed by atoms with van der Waals surface area (Å²) in [5, 5.41) is 2.83. The third-order valence-corrected chi connectivity index (χ3v) is 4.29. The monoisotopic (exact) mass is 363 g/mol. The van der Waals surface area contributed by atoms with E-state index in [1.54, 1.807) is 13.2 Å². The van der Waals surface area contributed by atoms with Crippen LogP contribution in [-0.4, -0.2) is 29.1 Å². The summed E-state index contributed by atoms with van der Waals surface area (Å²) < 4.78 is 6.61. The number of aromatic nitrogens is 2. The van der Waals surface area contributed by atoms with E-state index in [-0.39, 0.29) is 11.5 Å². The highest BCUT2D eigenvalue weighted by molar-refractivity contribution is 5.95.